The Morgan fingerprint density at radius 3 is 2.81 bits per heavy atom. The number of thiophene rings is 1. The Hall–Kier alpha value is -0.520. The van der Waals surface area contributed by atoms with Gasteiger partial charge in [0.1, 0.15) is 0 Å². The van der Waals surface area contributed by atoms with Crippen LogP contribution in [-0.4, -0.2) is 38.0 Å². The molecule has 1 heterocycles. The Bertz CT molecular complexity index is 278. The van der Waals surface area contributed by atoms with Crippen LogP contribution in [0, 0.1) is 0 Å². The van der Waals surface area contributed by atoms with E-state index in [2.05, 4.69) is 18.3 Å². The largest absolute Gasteiger partial charge is 0.308 e. The van der Waals surface area contributed by atoms with Crippen molar-refractivity contribution < 1.29 is 8.78 Å². The molecule has 1 unspecified atom stereocenters. The van der Waals surface area contributed by atoms with Gasteiger partial charge in [-0.1, -0.05) is 6.07 Å². The second-order valence-corrected chi connectivity index (χ2v) is 4.82. The summed E-state index contributed by atoms with van der Waals surface area (Å²) in [5.41, 5.74) is 0. The number of nitrogens with zero attached hydrogens (tertiary/aromatic N) is 1. The summed E-state index contributed by atoms with van der Waals surface area (Å²) >= 11 is 1.70. The number of likely N-dealkylation sites (N-methyl/N-ethyl adjacent to an activating group) is 1. The fraction of sp³-hybridized carbons (Fsp3) is 0.636. The van der Waals surface area contributed by atoms with Crippen molar-refractivity contribution in [3.05, 3.63) is 22.4 Å². The van der Waals surface area contributed by atoms with E-state index >= 15 is 0 Å². The summed E-state index contributed by atoms with van der Waals surface area (Å²) in [5, 5.41) is 5.35. The molecule has 0 spiro atoms. The zero-order valence-electron chi connectivity index (χ0n) is 9.62. The highest BCUT2D eigenvalue weighted by Gasteiger charge is 2.08. The monoisotopic (exact) mass is 248 g/mol. The molecule has 16 heavy (non-hydrogen) atoms. The smallest absolute Gasteiger partial charge is 0.251 e. The third-order valence-corrected chi connectivity index (χ3v) is 3.42. The predicted octanol–water partition coefficient (Wildman–Crippen LogP) is 2.60. The first-order chi connectivity index (χ1) is 7.59. The van der Waals surface area contributed by atoms with Gasteiger partial charge in [0, 0.05) is 24.0 Å². The van der Waals surface area contributed by atoms with Gasteiger partial charge in [0.05, 0.1) is 6.54 Å². The highest BCUT2D eigenvalue weighted by Crippen LogP contribution is 2.17. The van der Waals surface area contributed by atoms with E-state index in [1.807, 2.05) is 11.4 Å². The molecule has 1 atom stereocenters. The summed E-state index contributed by atoms with van der Waals surface area (Å²) in [4.78, 5) is 2.91. The van der Waals surface area contributed by atoms with Crippen LogP contribution in [-0.2, 0) is 0 Å². The number of alkyl halides is 2. The van der Waals surface area contributed by atoms with Crippen LogP contribution in [0.5, 0.6) is 0 Å². The van der Waals surface area contributed by atoms with Gasteiger partial charge in [0.2, 0.25) is 0 Å². The molecule has 0 aliphatic carbocycles. The average Bonchev–Trinajstić information content (AvgIpc) is 2.68. The van der Waals surface area contributed by atoms with Gasteiger partial charge in [0.15, 0.2) is 0 Å². The van der Waals surface area contributed by atoms with E-state index < -0.39 is 6.43 Å². The van der Waals surface area contributed by atoms with Crippen molar-refractivity contribution in [2.45, 2.75) is 19.4 Å². The molecule has 1 N–H and O–H groups in total. The lowest BCUT2D eigenvalue weighted by Gasteiger charge is -2.18. The molecule has 92 valence electrons. The van der Waals surface area contributed by atoms with E-state index in [1.54, 1.807) is 23.3 Å². The lowest BCUT2D eigenvalue weighted by atomic mass is 10.3. The van der Waals surface area contributed by atoms with Gasteiger partial charge in [-0.25, -0.2) is 8.78 Å². The number of halogens is 2. The van der Waals surface area contributed by atoms with Gasteiger partial charge in [-0.2, -0.15) is 0 Å². The molecule has 2 nitrogen and oxygen atoms in total. The maximum atomic E-state index is 12.0. The van der Waals surface area contributed by atoms with Gasteiger partial charge >= 0.3 is 0 Å². The van der Waals surface area contributed by atoms with Crippen LogP contribution < -0.4 is 5.32 Å². The molecule has 0 radical (unpaired) electrons. The summed E-state index contributed by atoms with van der Waals surface area (Å²) in [7, 11) is 1.71. The lowest BCUT2D eigenvalue weighted by molar-refractivity contribution is 0.100. The molecular weight excluding hydrogens is 230 g/mol. The first-order valence-corrected chi connectivity index (χ1v) is 6.21. The third-order valence-electron chi connectivity index (χ3n) is 2.36. The SMILES string of the molecule is CC(NCCN(C)CC(F)F)c1cccs1. The summed E-state index contributed by atoms with van der Waals surface area (Å²) in [5.74, 6) is 0. The molecule has 0 fully saturated rings. The van der Waals surface area contributed by atoms with Crippen LogP contribution in [0.2, 0.25) is 0 Å². The van der Waals surface area contributed by atoms with E-state index in [0.29, 0.717) is 12.6 Å². The Kier molecular flexibility index (Phi) is 5.87. The molecule has 0 saturated carbocycles. The van der Waals surface area contributed by atoms with Crippen LogP contribution in [0.4, 0.5) is 8.78 Å². The zero-order valence-corrected chi connectivity index (χ0v) is 10.4. The Morgan fingerprint density at radius 2 is 2.25 bits per heavy atom. The van der Waals surface area contributed by atoms with Crippen molar-refractivity contribution in [3.8, 4) is 0 Å². The molecule has 0 saturated heterocycles. The summed E-state index contributed by atoms with van der Waals surface area (Å²) in [6.07, 6.45) is -2.25. The summed E-state index contributed by atoms with van der Waals surface area (Å²) in [6.45, 7) is 3.29. The molecule has 0 bridgehead atoms. The van der Waals surface area contributed by atoms with Crippen molar-refractivity contribution in [1.82, 2.24) is 10.2 Å². The molecule has 0 aliphatic heterocycles. The normalized spacial score (nSPS) is 13.6. The Balaban J connectivity index is 2.15. The van der Waals surface area contributed by atoms with E-state index in [1.165, 1.54) is 4.88 Å². The van der Waals surface area contributed by atoms with Crippen LogP contribution in [0.15, 0.2) is 17.5 Å². The van der Waals surface area contributed by atoms with Gasteiger partial charge in [-0.05, 0) is 25.4 Å². The molecule has 1 aromatic rings. The fourth-order valence-electron chi connectivity index (χ4n) is 1.44. The van der Waals surface area contributed by atoms with Gasteiger partial charge < -0.3 is 5.32 Å². The zero-order chi connectivity index (χ0) is 12.0. The molecule has 0 amide bonds. The van der Waals surface area contributed by atoms with Crippen LogP contribution in [0.1, 0.15) is 17.8 Å². The van der Waals surface area contributed by atoms with Gasteiger partial charge in [-0.15, -0.1) is 11.3 Å². The van der Waals surface area contributed by atoms with Crippen molar-refractivity contribution in [2.24, 2.45) is 0 Å². The number of rotatable bonds is 7. The maximum absolute atomic E-state index is 12.0. The third kappa shape index (κ3) is 5.01. The number of nitrogens with one attached hydrogen (secondary N) is 1. The predicted molar refractivity (Wildman–Crippen MR) is 64.2 cm³/mol. The van der Waals surface area contributed by atoms with Gasteiger partial charge in [-0.3, -0.25) is 4.90 Å². The van der Waals surface area contributed by atoms with Crippen molar-refractivity contribution in [3.63, 3.8) is 0 Å². The first-order valence-electron chi connectivity index (χ1n) is 5.33. The summed E-state index contributed by atoms with van der Waals surface area (Å²) < 4.78 is 24.1. The molecule has 0 aliphatic rings. The van der Waals surface area contributed by atoms with Crippen LogP contribution >= 0.6 is 11.3 Å². The van der Waals surface area contributed by atoms with E-state index in [0.717, 1.165) is 6.54 Å². The van der Waals surface area contributed by atoms with E-state index in [9.17, 15) is 8.78 Å². The van der Waals surface area contributed by atoms with Crippen LogP contribution in [0.3, 0.4) is 0 Å². The highest BCUT2D eigenvalue weighted by atomic mass is 32.1. The molecular formula is C11H18F2N2S. The lowest BCUT2D eigenvalue weighted by Crippen LogP contribution is -2.33. The number of hydrogen-bond acceptors (Lipinski definition) is 3. The second-order valence-electron chi connectivity index (χ2n) is 3.84. The summed E-state index contributed by atoms with van der Waals surface area (Å²) in [6, 6.07) is 4.38. The minimum Gasteiger partial charge on any atom is -0.308 e. The second kappa shape index (κ2) is 6.93. The minimum absolute atomic E-state index is 0.158. The topological polar surface area (TPSA) is 15.3 Å². The first kappa shape index (κ1) is 13.5. The van der Waals surface area contributed by atoms with E-state index in [-0.39, 0.29) is 6.54 Å². The Labute approximate surface area is 99.3 Å². The van der Waals surface area contributed by atoms with Crippen LogP contribution in [0.25, 0.3) is 0 Å². The number of hydrogen-bond donors (Lipinski definition) is 1. The minimum atomic E-state index is -2.25. The molecule has 0 aromatic carbocycles. The van der Waals surface area contributed by atoms with Crippen molar-refractivity contribution in [2.75, 3.05) is 26.7 Å². The van der Waals surface area contributed by atoms with Crippen molar-refractivity contribution in [1.29, 1.82) is 0 Å². The molecule has 1 aromatic heterocycles. The molecule has 1 rings (SSSR count). The standard InChI is InChI=1S/C11H18F2N2S/c1-9(10-4-3-7-16-10)14-5-6-15(2)8-11(12)13/h3-4,7,9,11,14H,5-6,8H2,1-2H3. The average molecular weight is 248 g/mol. The van der Waals surface area contributed by atoms with Gasteiger partial charge in [0.25, 0.3) is 6.43 Å². The quantitative estimate of drug-likeness (QED) is 0.798. The highest BCUT2D eigenvalue weighted by molar-refractivity contribution is 7.10. The van der Waals surface area contributed by atoms with E-state index in [4.69, 9.17) is 0 Å². The maximum Gasteiger partial charge on any atom is 0.251 e. The van der Waals surface area contributed by atoms with Crippen molar-refractivity contribution >= 4 is 11.3 Å². The fourth-order valence-corrected chi connectivity index (χ4v) is 2.20. The molecule has 5 heteroatoms. The Morgan fingerprint density at radius 1 is 1.50 bits per heavy atom.